The Balaban J connectivity index is 0.00000106. The van der Waals surface area contributed by atoms with Crippen molar-refractivity contribution in [1.82, 2.24) is 10.6 Å². The van der Waals surface area contributed by atoms with Gasteiger partial charge in [-0.3, -0.25) is 4.79 Å². The van der Waals surface area contributed by atoms with Crippen LogP contribution in [0.25, 0.3) is 0 Å². The predicted octanol–water partition coefficient (Wildman–Crippen LogP) is 1.88. The number of nitrogens with one attached hydrogen (secondary N) is 2. The summed E-state index contributed by atoms with van der Waals surface area (Å²) in [5.74, 6) is -0.0995. The van der Waals surface area contributed by atoms with Crippen LogP contribution in [0.3, 0.4) is 0 Å². The molecular weight excluding hydrogens is 207 g/mol. The van der Waals surface area contributed by atoms with Gasteiger partial charge in [0.05, 0.1) is 0 Å². The van der Waals surface area contributed by atoms with Gasteiger partial charge in [0.1, 0.15) is 0 Å². The summed E-state index contributed by atoms with van der Waals surface area (Å²) < 4.78 is 13.9. The lowest BCUT2D eigenvalue weighted by atomic mass is 9.95. The second-order valence-corrected chi connectivity index (χ2v) is 4.35. The molecule has 0 aromatic carbocycles. The second-order valence-electron chi connectivity index (χ2n) is 4.35. The van der Waals surface area contributed by atoms with Gasteiger partial charge < -0.3 is 10.6 Å². The number of piperidine rings is 1. The Labute approximate surface area is 98.2 Å². The summed E-state index contributed by atoms with van der Waals surface area (Å²) in [4.78, 5) is 11.5. The van der Waals surface area contributed by atoms with E-state index in [0.717, 1.165) is 13.0 Å². The summed E-state index contributed by atoms with van der Waals surface area (Å²) in [7, 11) is 0. The standard InChI is InChI=1S/C10H19FN2O.C2H6/c1-8(2)6-13-9(14)10(11)4-3-5-12-7-10;1-2/h8,12H,3-7H2,1-2H3,(H,13,14);1-2H3. The number of carbonyl (C=O) groups excluding carboxylic acids is 1. The number of alkyl halides is 1. The summed E-state index contributed by atoms with van der Waals surface area (Å²) >= 11 is 0. The van der Waals surface area contributed by atoms with Gasteiger partial charge in [-0.1, -0.05) is 27.7 Å². The van der Waals surface area contributed by atoms with E-state index in [-0.39, 0.29) is 6.54 Å². The fourth-order valence-corrected chi connectivity index (χ4v) is 1.52. The average Bonchev–Trinajstić information content (AvgIpc) is 2.29. The zero-order valence-electron chi connectivity index (χ0n) is 10.9. The molecule has 1 unspecified atom stereocenters. The number of hydrogen-bond donors (Lipinski definition) is 2. The monoisotopic (exact) mass is 232 g/mol. The molecule has 1 aliphatic rings. The first-order valence-electron chi connectivity index (χ1n) is 6.22. The van der Waals surface area contributed by atoms with E-state index in [9.17, 15) is 9.18 Å². The predicted molar refractivity (Wildman–Crippen MR) is 65.1 cm³/mol. The molecule has 16 heavy (non-hydrogen) atoms. The third-order valence-electron chi connectivity index (χ3n) is 2.41. The Morgan fingerprint density at radius 3 is 2.56 bits per heavy atom. The van der Waals surface area contributed by atoms with Crippen molar-refractivity contribution in [2.24, 2.45) is 5.92 Å². The highest BCUT2D eigenvalue weighted by atomic mass is 19.1. The molecule has 4 heteroatoms. The maximum atomic E-state index is 13.9. The molecule has 1 saturated heterocycles. The van der Waals surface area contributed by atoms with Crippen LogP contribution in [0.1, 0.15) is 40.5 Å². The minimum absolute atomic E-state index is 0.150. The summed E-state index contributed by atoms with van der Waals surface area (Å²) in [6.45, 7) is 9.49. The molecule has 96 valence electrons. The van der Waals surface area contributed by atoms with Gasteiger partial charge in [-0.2, -0.15) is 0 Å². The number of hydrogen-bond acceptors (Lipinski definition) is 2. The van der Waals surface area contributed by atoms with Crippen LogP contribution < -0.4 is 10.6 Å². The topological polar surface area (TPSA) is 41.1 Å². The van der Waals surface area contributed by atoms with Crippen molar-refractivity contribution in [3.05, 3.63) is 0 Å². The Morgan fingerprint density at radius 2 is 2.12 bits per heavy atom. The van der Waals surface area contributed by atoms with Crippen molar-refractivity contribution in [2.75, 3.05) is 19.6 Å². The van der Waals surface area contributed by atoms with E-state index in [1.54, 1.807) is 0 Å². The summed E-state index contributed by atoms with van der Waals surface area (Å²) in [6, 6.07) is 0. The molecular formula is C12H25FN2O. The molecule has 0 spiro atoms. The quantitative estimate of drug-likeness (QED) is 0.780. The van der Waals surface area contributed by atoms with Crippen LogP contribution in [0.15, 0.2) is 0 Å². The van der Waals surface area contributed by atoms with Gasteiger partial charge in [0, 0.05) is 13.1 Å². The third kappa shape index (κ3) is 4.92. The van der Waals surface area contributed by atoms with E-state index in [1.165, 1.54) is 0 Å². The Kier molecular flexibility index (Phi) is 7.30. The second kappa shape index (κ2) is 7.60. The highest BCUT2D eigenvalue weighted by Gasteiger charge is 2.39. The van der Waals surface area contributed by atoms with Gasteiger partial charge in [-0.05, 0) is 25.3 Å². The molecule has 0 saturated carbocycles. The molecule has 0 aliphatic carbocycles. The van der Waals surface area contributed by atoms with Crippen LogP contribution in [-0.4, -0.2) is 31.2 Å². The lowest BCUT2D eigenvalue weighted by Crippen LogP contribution is -2.53. The highest BCUT2D eigenvalue weighted by molar-refractivity contribution is 5.85. The number of halogens is 1. The molecule has 0 aromatic rings. The first kappa shape index (κ1) is 15.4. The molecule has 0 aromatic heterocycles. The molecule has 1 fully saturated rings. The van der Waals surface area contributed by atoms with Gasteiger partial charge >= 0.3 is 0 Å². The summed E-state index contributed by atoms with van der Waals surface area (Å²) in [5.41, 5.74) is -1.69. The normalized spacial score (nSPS) is 24.6. The van der Waals surface area contributed by atoms with Crippen molar-refractivity contribution in [3.63, 3.8) is 0 Å². The highest BCUT2D eigenvalue weighted by Crippen LogP contribution is 2.20. The number of amides is 1. The van der Waals surface area contributed by atoms with Crippen LogP contribution >= 0.6 is 0 Å². The Hall–Kier alpha value is -0.640. The number of rotatable bonds is 3. The first-order valence-corrected chi connectivity index (χ1v) is 6.22. The third-order valence-corrected chi connectivity index (χ3v) is 2.41. The van der Waals surface area contributed by atoms with E-state index in [1.807, 2.05) is 27.7 Å². The van der Waals surface area contributed by atoms with E-state index in [2.05, 4.69) is 10.6 Å². The van der Waals surface area contributed by atoms with E-state index in [4.69, 9.17) is 0 Å². The zero-order valence-corrected chi connectivity index (χ0v) is 10.9. The fraction of sp³-hybridized carbons (Fsp3) is 0.917. The largest absolute Gasteiger partial charge is 0.353 e. The molecule has 0 radical (unpaired) electrons. The van der Waals surface area contributed by atoms with E-state index >= 15 is 0 Å². The van der Waals surface area contributed by atoms with Gasteiger partial charge in [0.25, 0.3) is 5.91 Å². The maximum absolute atomic E-state index is 13.9. The molecule has 2 N–H and O–H groups in total. The van der Waals surface area contributed by atoms with Crippen LogP contribution in [0.2, 0.25) is 0 Å². The van der Waals surface area contributed by atoms with Gasteiger partial charge in [-0.15, -0.1) is 0 Å². The zero-order chi connectivity index (χ0) is 12.6. The van der Waals surface area contributed by atoms with Crippen molar-refractivity contribution >= 4 is 5.91 Å². The Morgan fingerprint density at radius 1 is 1.50 bits per heavy atom. The Bertz CT molecular complexity index is 201. The molecule has 1 amide bonds. The van der Waals surface area contributed by atoms with Crippen LogP contribution in [0.5, 0.6) is 0 Å². The van der Waals surface area contributed by atoms with Crippen LogP contribution in [-0.2, 0) is 4.79 Å². The molecule has 1 aliphatic heterocycles. The average molecular weight is 232 g/mol. The lowest BCUT2D eigenvalue weighted by Gasteiger charge is -2.29. The SMILES string of the molecule is CC.CC(C)CNC(=O)C1(F)CCCNC1. The van der Waals surface area contributed by atoms with Gasteiger partial charge in [0.2, 0.25) is 5.67 Å². The summed E-state index contributed by atoms with van der Waals surface area (Å²) in [6.07, 6.45) is 1.07. The minimum atomic E-state index is -1.69. The van der Waals surface area contributed by atoms with Crippen LogP contribution in [0.4, 0.5) is 4.39 Å². The van der Waals surface area contributed by atoms with Crippen molar-refractivity contribution in [3.8, 4) is 0 Å². The molecule has 0 bridgehead atoms. The maximum Gasteiger partial charge on any atom is 0.259 e. The molecule has 1 heterocycles. The van der Waals surface area contributed by atoms with E-state index < -0.39 is 11.6 Å². The molecule has 1 atom stereocenters. The van der Waals surface area contributed by atoms with Crippen molar-refractivity contribution in [2.45, 2.75) is 46.2 Å². The van der Waals surface area contributed by atoms with E-state index in [0.29, 0.717) is 18.9 Å². The van der Waals surface area contributed by atoms with Gasteiger partial charge in [0.15, 0.2) is 0 Å². The summed E-state index contributed by atoms with van der Waals surface area (Å²) in [5, 5.41) is 5.55. The lowest BCUT2D eigenvalue weighted by molar-refractivity contribution is -0.134. The number of carbonyl (C=O) groups is 1. The minimum Gasteiger partial charge on any atom is -0.353 e. The molecule has 3 nitrogen and oxygen atoms in total. The van der Waals surface area contributed by atoms with Crippen LogP contribution in [0, 0.1) is 5.92 Å². The first-order chi connectivity index (χ1) is 7.54. The van der Waals surface area contributed by atoms with Crippen molar-refractivity contribution in [1.29, 1.82) is 0 Å². The van der Waals surface area contributed by atoms with Crippen molar-refractivity contribution < 1.29 is 9.18 Å². The fourth-order valence-electron chi connectivity index (χ4n) is 1.52. The smallest absolute Gasteiger partial charge is 0.259 e. The van der Waals surface area contributed by atoms with Gasteiger partial charge in [-0.25, -0.2) is 4.39 Å². The molecule has 1 rings (SSSR count).